The zero-order valence-corrected chi connectivity index (χ0v) is 17.0. The van der Waals surface area contributed by atoms with E-state index in [-0.39, 0.29) is 5.79 Å². The summed E-state index contributed by atoms with van der Waals surface area (Å²) in [5.41, 5.74) is 9.65. The van der Waals surface area contributed by atoms with E-state index < -0.39 is 11.7 Å². The summed E-state index contributed by atoms with van der Waals surface area (Å²) in [5.74, 6) is -0.322. The number of carbonyl (C=O) groups is 1. The zero-order chi connectivity index (χ0) is 20.1. The number of ether oxygens (including phenoxy) is 1. The van der Waals surface area contributed by atoms with E-state index in [9.17, 15) is 4.79 Å². The molecule has 27 heavy (non-hydrogen) atoms. The first-order chi connectivity index (χ1) is 12.7. The Balaban J connectivity index is 2.05. The fraction of sp³-hybridized carbons (Fsp3) is 0.667. The topological polar surface area (TPSA) is 108 Å². The molecule has 2 rings (SSSR count). The number of hydrogen-bond donors (Lipinski definition) is 4. The Morgan fingerprint density at radius 1 is 1.30 bits per heavy atom. The van der Waals surface area contributed by atoms with Crippen molar-refractivity contribution in [2.75, 3.05) is 40.8 Å². The quantitative estimate of drug-likeness (QED) is 0.462. The normalized spacial score (nSPS) is 18.4. The number of aromatic nitrogens is 1. The number of carbonyl (C=O) groups excluding carboxylic acids is 1. The maximum absolute atomic E-state index is 11.0. The molecule has 1 aromatic rings. The van der Waals surface area contributed by atoms with Gasteiger partial charge in [-0.2, -0.15) is 0 Å². The molecule has 0 atom stereocenters. The summed E-state index contributed by atoms with van der Waals surface area (Å²) in [6.45, 7) is 7.06. The van der Waals surface area contributed by atoms with Crippen molar-refractivity contribution in [2.24, 2.45) is 5.73 Å². The fourth-order valence-corrected chi connectivity index (χ4v) is 3.51. The van der Waals surface area contributed by atoms with Crippen LogP contribution in [0.5, 0.6) is 0 Å². The van der Waals surface area contributed by atoms with Crippen LogP contribution in [0.15, 0.2) is 18.3 Å². The number of amides is 1. The van der Waals surface area contributed by atoms with Gasteiger partial charge in [-0.25, -0.2) is 9.80 Å². The van der Waals surface area contributed by atoms with Crippen molar-refractivity contribution < 1.29 is 9.53 Å². The second kappa shape index (κ2) is 8.94. The van der Waals surface area contributed by atoms with Crippen LogP contribution < -0.4 is 21.8 Å². The lowest BCUT2D eigenvalue weighted by atomic mass is 10.0. The number of rotatable bonds is 8. The molecule has 9 heteroatoms. The minimum absolute atomic E-state index is 0.322. The Kier molecular flexibility index (Phi) is 7.12. The summed E-state index contributed by atoms with van der Waals surface area (Å²) in [6.07, 6.45) is 1.62. The number of nitrogens with zero attached hydrogens (tertiary/aromatic N) is 3. The predicted octanol–water partition coefficient (Wildman–Crippen LogP) is -0.157. The maximum Gasteiger partial charge on any atom is 0.405 e. The van der Waals surface area contributed by atoms with Gasteiger partial charge in [-0.15, -0.1) is 0 Å². The first kappa shape index (κ1) is 21.5. The molecule has 0 unspecified atom stereocenters. The van der Waals surface area contributed by atoms with Crippen LogP contribution in [0.25, 0.3) is 0 Å². The minimum atomic E-state index is -0.771. The molecule has 5 N–H and O–H groups in total. The molecule has 1 aromatic heterocycles. The number of primary amides is 1. The predicted molar refractivity (Wildman–Crippen MR) is 105 cm³/mol. The van der Waals surface area contributed by atoms with Crippen LogP contribution in [-0.4, -0.2) is 73.2 Å². The highest BCUT2D eigenvalue weighted by Crippen LogP contribution is 2.20. The van der Waals surface area contributed by atoms with Gasteiger partial charge in [-0.05, 0) is 46.6 Å². The Labute approximate surface area is 161 Å². The van der Waals surface area contributed by atoms with Crippen LogP contribution in [0.1, 0.15) is 25.1 Å². The number of nitrogens with one attached hydrogen (secondary N) is 3. The molecule has 0 saturated carbocycles. The molecule has 1 saturated heterocycles. The van der Waals surface area contributed by atoms with Crippen molar-refractivity contribution in [2.45, 2.75) is 38.2 Å². The van der Waals surface area contributed by atoms with Gasteiger partial charge >= 0.3 is 6.09 Å². The van der Waals surface area contributed by atoms with Gasteiger partial charge in [-0.3, -0.25) is 25.9 Å². The second-order valence-corrected chi connectivity index (χ2v) is 7.44. The standard InChI is InChI=1S/C18H33N7O2/c1-17(2,27-16(19)26)10-15-7-6-14(11-23-15)12-24-8-9-25(22-5)13-18(24,20-3)21-4/h6-7,11,20-22H,8-10,12-13H2,1-5H3,(H2,19,26). The van der Waals surface area contributed by atoms with Crippen LogP contribution in [0, 0.1) is 0 Å². The van der Waals surface area contributed by atoms with E-state index in [4.69, 9.17) is 10.5 Å². The van der Waals surface area contributed by atoms with Gasteiger partial charge in [0.25, 0.3) is 0 Å². The molecule has 1 amide bonds. The molecule has 152 valence electrons. The molecule has 1 fully saturated rings. The SMILES string of the molecule is CNN1CCN(Cc2ccc(CC(C)(C)OC(N)=O)nc2)C(NC)(NC)C1. The molecular weight excluding hydrogens is 346 g/mol. The van der Waals surface area contributed by atoms with Crippen LogP contribution >= 0.6 is 0 Å². The average Bonchev–Trinajstić information content (AvgIpc) is 2.62. The van der Waals surface area contributed by atoms with E-state index >= 15 is 0 Å². The van der Waals surface area contributed by atoms with Crippen molar-refractivity contribution in [3.63, 3.8) is 0 Å². The van der Waals surface area contributed by atoms with Crippen molar-refractivity contribution in [1.82, 2.24) is 31.0 Å². The Bertz CT molecular complexity index is 617. The lowest BCUT2D eigenvalue weighted by molar-refractivity contribution is -0.0598. The third-order valence-electron chi connectivity index (χ3n) is 4.99. The average molecular weight is 380 g/mol. The van der Waals surface area contributed by atoms with Crippen LogP contribution in [0.3, 0.4) is 0 Å². The summed E-state index contributed by atoms with van der Waals surface area (Å²) in [4.78, 5) is 17.9. The molecule has 0 bridgehead atoms. The van der Waals surface area contributed by atoms with Crippen molar-refractivity contribution >= 4 is 6.09 Å². The Hall–Kier alpha value is -1.78. The summed E-state index contributed by atoms with van der Waals surface area (Å²) in [5, 5.41) is 9.02. The highest BCUT2D eigenvalue weighted by Gasteiger charge is 2.39. The second-order valence-electron chi connectivity index (χ2n) is 7.44. The largest absolute Gasteiger partial charge is 0.443 e. The first-order valence-corrected chi connectivity index (χ1v) is 9.21. The Morgan fingerprint density at radius 3 is 2.52 bits per heavy atom. The van der Waals surface area contributed by atoms with Crippen LogP contribution in [0.4, 0.5) is 4.79 Å². The van der Waals surface area contributed by atoms with Crippen LogP contribution in [-0.2, 0) is 17.7 Å². The summed E-state index contributed by atoms with van der Waals surface area (Å²) in [7, 11) is 5.87. The van der Waals surface area contributed by atoms with Gasteiger partial charge in [0.2, 0.25) is 0 Å². The van der Waals surface area contributed by atoms with E-state index in [0.717, 1.165) is 37.4 Å². The lowest BCUT2D eigenvalue weighted by Gasteiger charge is -2.50. The fourth-order valence-electron chi connectivity index (χ4n) is 3.51. The Morgan fingerprint density at radius 2 is 2.00 bits per heavy atom. The monoisotopic (exact) mass is 379 g/mol. The van der Waals surface area contributed by atoms with Gasteiger partial charge in [0, 0.05) is 37.9 Å². The first-order valence-electron chi connectivity index (χ1n) is 9.21. The van der Waals surface area contributed by atoms with Crippen molar-refractivity contribution in [3.05, 3.63) is 29.6 Å². The number of pyridine rings is 1. The zero-order valence-electron chi connectivity index (χ0n) is 17.0. The number of nitrogens with two attached hydrogens (primary N) is 1. The van der Waals surface area contributed by atoms with Crippen LogP contribution in [0.2, 0.25) is 0 Å². The van der Waals surface area contributed by atoms with Gasteiger partial charge in [0.15, 0.2) is 0 Å². The maximum atomic E-state index is 11.0. The summed E-state index contributed by atoms with van der Waals surface area (Å²) in [6, 6.07) is 4.05. The molecule has 1 aliphatic heterocycles. The molecule has 0 spiro atoms. The number of piperazine rings is 1. The smallest absolute Gasteiger partial charge is 0.405 e. The molecule has 1 aliphatic rings. The molecule has 2 heterocycles. The molecule has 9 nitrogen and oxygen atoms in total. The number of likely N-dealkylation sites (N-methyl/N-ethyl adjacent to an activating group) is 2. The molecule has 0 aliphatic carbocycles. The highest BCUT2D eigenvalue weighted by molar-refractivity contribution is 5.65. The minimum Gasteiger partial charge on any atom is -0.443 e. The van der Waals surface area contributed by atoms with E-state index in [1.54, 1.807) is 0 Å². The summed E-state index contributed by atoms with van der Waals surface area (Å²) < 4.78 is 5.13. The molecular formula is C18H33N7O2. The summed E-state index contributed by atoms with van der Waals surface area (Å²) >= 11 is 0. The lowest BCUT2D eigenvalue weighted by Crippen LogP contribution is -2.75. The van der Waals surface area contributed by atoms with Crippen molar-refractivity contribution in [3.8, 4) is 0 Å². The van der Waals surface area contributed by atoms with E-state index in [1.807, 2.05) is 47.3 Å². The number of hydrogen-bond acceptors (Lipinski definition) is 8. The van der Waals surface area contributed by atoms with E-state index in [0.29, 0.717) is 6.42 Å². The third kappa shape index (κ3) is 5.60. The van der Waals surface area contributed by atoms with Gasteiger partial charge in [0.1, 0.15) is 11.4 Å². The van der Waals surface area contributed by atoms with Crippen molar-refractivity contribution in [1.29, 1.82) is 0 Å². The molecule has 0 aromatic carbocycles. The third-order valence-corrected chi connectivity index (χ3v) is 4.99. The van der Waals surface area contributed by atoms with E-state index in [1.165, 1.54) is 0 Å². The van der Waals surface area contributed by atoms with Gasteiger partial charge in [0.05, 0.1) is 6.54 Å². The molecule has 0 radical (unpaired) electrons. The van der Waals surface area contributed by atoms with Gasteiger partial charge < -0.3 is 10.5 Å². The van der Waals surface area contributed by atoms with E-state index in [2.05, 4.69) is 37.0 Å². The van der Waals surface area contributed by atoms with Gasteiger partial charge in [-0.1, -0.05) is 6.07 Å². The number of hydrazine groups is 1. The highest BCUT2D eigenvalue weighted by atomic mass is 16.6.